The first-order valence-corrected chi connectivity index (χ1v) is 8.28. The molecule has 0 bridgehead atoms. The van der Waals surface area contributed by atoms with E-state index < -0.39 is 5.54 Å². The molecule has 0 atom stereocenters. The van der Waals surface area contributed by atoms with Crippen LogP contribution in [0.4, 0.5) is 0 Å². The van der Waals surface area contributed by atoms with Gasteiger partial charge >= 0.3 is 5.97 Å². The number of rotatable bonds is 4. The number of nitrogens with one attached hydrogen (secondary N) is 1. The van der Waals surface area contributed by atoms with Gasteiger partial charge in [-0.1, -0.05) is 49.4 Å². The molecule has 124 valence electrons. The fourth-order valence-electron chi connectivity index (χ4n) is 2.93. The quantitative estimate of drug-likeness (QED) is 0.518. The Labute approximate surface area is 141 Å². The van der Waals surface area contributed by atoms with Crippen molar-refractivity contribution in [2.24, 2.45) is 0 Å². The van der Waals surface area contributed by atoms with Crippen LogP contribution in [0, 0.1) is 0 Å². The van der Waals surface area contributed by atoms with Crippen LogP contribution in [0.5, 0.6) is 0 Å². The van der Waals surface area contributed by atoms with Crippen LogP contribution in [0.1, 0.15) is 44.1 Å². The molecular formula is C18H22ClNO3. The van der Waals surface area contributed by atoms with Crippen LogP contribution in [0.2, 0.25) is 5.02 Å². The molecule has 0 aromatic heterocycles. The van der Waals surface area contributed by atoms with Crippen molar-refractivity contribution in [1.82, 2.24) is 5.32 Å². The van der Waals surface area contributed by atoms with Crippen molar-refractivity contribution in [3.8, 4) is 0 Å². The van der Waals surface area contributed by atoms with Crippen LogP contribution in [-0.4, -0.2) is 24.5 Å². The first-order chi connectivity index (χ1) is 11.1. The summed E-state index contributed by atoms with van der Waals surface area (Å²) >= 11 is 5.83. The van der Waals surface area contributed by atoms with Crippen LogP contribution in [-0.2, 0) is 14.3 Å². The highest BCUT2D eigenvalue weighted by Gasteiger charge is 2.40. The van der Waals surface area contributed by atoms with Gasteiger partial charge in [-0.15, -0.1) is 0 Å². The fraction of sp³-hybridized carbons (Fsp3) is 0.444. The van der Waals surface area contributed by atoms with Gasteiger partial charge < -0.3 is 10.1 Å². The maximum absolute atomic E-state index is 12.3. The first-order valence-electron chi connectivity index (χ1n) is 7.90. The lowest BCUT2D eigenvalue weighted by Crippen LogP contribution is -2.54. The average molecular weight is 336 g/mol. The minimum atomic E-state index is -0.896. The number of halogens is 1. The van der Waals surface area contributed by atoms with E-state index in [1.165, 1.54) is 13.2 Å². The highest BCUT2D eigenvalue weighted by molar-refractivity contribution is 6.30. The summed E-state index contributed by atoms with van der Waals surface area (Å²) in [6.45, 7) is 0. The smallest absolute Gasteiger partial charge is 0.331 e. The summed E-state index contributed by atoms with van der Waals surface area (Å²) in [5, 5.41) is 3.53. The van der Waals surface area contributed by atoms with Gasteiger partial charge in [-0.25, -0.2) is 4.79 Å². The lowest BCUT2D eigenvalue weighted by molar-refractivity contribution is -0.151. The van der Waals surface area contributed by atoms with Gasteiger partial charge in [0, 0.05) is 11.1 Å². The van der Waals surface area contributed by atoms with E-state index in [-0.39, 0.29) is 11.9 Å². The first kappa shape index (κ1) is 17.5. The molecule has 1 aliphatic rings. The van der Waals surface area contributed by atoms with Crippen molar-refractivity contribution in [3.63, 3.8) is 0 Å². The largest absolute Gasteiger partial charge is 0.467 e. The molecular weight excluding hydrogens is 314 g/mol. The summed E-state index contributed by atoms with van der Waals surface area (Å²) in [5.74, 6) is -0.639. The van der Waals surface area contributed by atoms with Gasteiger partial charge in [0.15, 0.2) is 0 Å². The van der Waals surface area contributed by atoms with Crippen LogP contribution in [0.15, 0.2) is 30.3 Å². The summed E-state index contributed by atoms with van der Waals surface area (Å²) in [7, 11) is 1.37. The van der Waals surface area contributed by atoms with Gasteiger partial charge in [0.1, 0.15) is 5.54 Å². The highest BCUT2D eigenvalue weighted by Crippen LogP contribution is 2.28. The van der Waals surface area contributed by atoms with Gasteiger partial charge in [0.25, 0.3) is 0 Å². The minimum Gasteiger partial charge on any atom is -0.467 e. The Bertz CT molecular complexity index is 572. The van der Waals surface area contributed by atoms with Crippen LogP contribution in [0.25, 0.3) is 6.08 Å². The number of hydrogen-bond acceptors (Lipinski definition) is 3. The van der Waals surface area contributed by atoms with Crippen molar-refractivity contribution in [3.05, 3.63) is 40.9 Å². The van der Waals surface area contributed by atoms with Gasteiger partial charge in [-0.2, -0.15) is 0 Å². The molecule has 0 radical (unpaired) electrons. The van der Waals surface area contributed by atoms with Crippen LogP contribution < -0.4 is 5.32 Å². The lowest BCUT2D eigenvalue weighted by Gasteiger charge is -2.30. The molecule has 1 N–H and O–H groups in total. The Balaban J connectivity index is 2.07. The Morgan fingerprint density at radius 2 is 1.74 bits per heavy atom. The Morgan fingerprint density at radius 3 is 2.30 bits per heavy atom. The number of carbonyl (C=O) groups excluding carboxylic acids is 2. The number of methoxy groups -OCH3 is 1. The van der Waals surface area contributed by atoms with E-state index in [9.17, 15) is 9.59 Å². The summed E-state index contributed by atoms with van der Waals surface area (Å²) in [4.78, 5) is 24.5. The van der Waals surface area contributed by atoms with E-state index in [1.807, 2.05) is 12.1 Å². The van der Waals surface area contributed by atoms with E-state index in [4.69, 9.17) is 16.3 Å². The maximum Gasteiger partial charge on any atom is 0.331 e. The normalized spacial score (nSPS) is 17.5. The van der Waals surface area contributed by atoms with E-state index in [2.05, 4.69) is 5.32 Å². The number of esters is 1. The number of benzene rings is 1. The predicted molar refractivity (Wildman–Crippen MR) is 91.1 cm³/mol. The Hall–Kier alpha value is -1.81. The summed E-state index contributed by atoms with van der Waals surface area (Å²) < 4.78 is 4.93. The molecule has 0 spiro atoms. The van der Waals surface area contributed by atoms with Crippen molar-refractivity contribution in [2.75, 3.05) is 7.11 Å². The van der Waals surface area contributed by atoms with Crippen molar-refractivity contribution >= 4 is 29.6 Å². The third-order valence-electron chi connectivity index (χ3n) is 4.19. The van der Waals surface area contributed by atoms with Gasteiger partial charge in [-0.05, 0) is 36.6 Å². The van der Waals surface area contributed by atoms with Gasteiger partial charge in [0.05, 0.1) is 7.11 Å². The minimum absolute atomic E-state index is 0.285. The monoisotopic (exact) mass is 335 g/mol. The molecule has 0 saturated heterocycles. The van der Waals surface area contributed by atoms with Crippen LogP contribution >= 0.6 is 11.6 Å². The average Bonchev–Trinajstić information content (AvgIpc) is 2.80. The van der Waals surface area contributed by atoms with Crippen molar-refractivity contribution in [2.45, 2.75) is 44.1 Å². The molecule has 1 aromatic rings. The number of carbonyl (C=O) groups is 2. The second-order valence-electron chi connectivity index (χ2n) is 5.86. The lowest BCUT2D eigenvalue weighted by atomic mass is 9.90. The molecule has 1 amide bonds. The molecule has 0 heterocycles. The topological polar surface area (TPSA) is 55.4 Å². The van der Waals surface area contributed by atoms with Crippen LogP contribution in [0.3, 0.4) is 0 Å². The Morgan fingerprint density at radius 1 is 1.13 bits per heavy atom. The van der Waals surface area contributed by atoms with Gasteiger partial charge in [0.2, 0.25) is 5.91 Å². The van der Waals surface area contributed by atoms with Crippen molar-refractivity contribution < 1.29 is 14.3 Å². The van der Waals surface area contributed by atoms with E-state index in [0.717, 1.165) is 31.2 Å². The third kappa shape index (κ3) is 4.83. The molecule has 1 aromatic carbocycles. The molecule has 0 unspecified atom stereocenters. The molecule has 1 aliphatic carbocycles. The molecule has 2 rings (SSSR count). The summed E-state index contributed by atoms with van der Waals surface area (Å²) in [5.41, 5.74) is -0.0234. The second kappa shape index (κ2) is 8.16. The zero-order valence-electron chi connectivity index (χ0n) is 13.3. The van der Waals surface area contributed by atoms with E-state index in [0.29, 0.717) is 17.9 Å². The number of amides is 1. The maximum atomic E-state index is 12.3. The molecule has 1 saturated carbocycles. The van der Waals surface area contributed by atoms with E-state index in [1.54, 1.807) is 18.2 Å². The summed E-state index contributed by atoms with van der Waals surface area (Å²) in [6, 6.07) is 7.18. The van der Waals surface area contributed by atoms with E-state index >= 15 is 0 Å². The SMILES string of the molecule is COC(=O)C1(NC(=O)C=Cc2ccc(Cl)cc2)CCCCCC1. The Kier molecular flexibility index (Phi) is 6.22. The number of ether oxygens (including phenoxy) is 1. The number of hydrogen-bond donors (Lipinski definition) is 1. The second-order valence-corrected chi connectivity index (χ2v) is 6.30. The predicted octanol–water partition coefficient (Wildman–Crippen LogP) is 3.74. The fourth-order valence-corrected chi connectivity index (χ4v) is 3.06. The standard InChI is InChI=1S/C18H22ClNO3/c1-23-17(22)18(12-4-2-3-5-13-18)20-16(21)11-8-14-6-9-15(19)10-7-14/h6-11H,2-5,12-13H2,1H3,(H,20,21). The molecule has 1 fully saturated rings. The van der Waals surface area contributed by atoms with Crippen molar-refractivity contribution in [1.29, 1.82) is 0 Å². The molecule has 0 aliphatic heterocycles. The molecule has 4 nitrogen and oxygen atoms in total. The third-order valence-corrected chi connectivity index (χ3v) is 4.44. The highest BCUT2D eigenvalue weighted by atomic mass is 35.5. The zero-order valence-corrected chi connectivity index (χ0v) is 14.1. The zero-order chi connectivity index (χ0) is 16.7. The molecule has 23 heavy (non-hydrogen) atoms. The summed E-state index contributed by atoms with van der Waals surface area (Å²) in [6.07, 6.45) is 8.38. The molecule has 5 heteroatoms. The van der Waals surface area contributed by atoms with Gasteiger partial charge in [-0.3, -0.25) is 4.79 Å².